The highest BCUT2D eigenvalue weighted by Gasteiger charge is 2.29. The zero-order valence-corrected chi connectivity index (χ0v) is 5.80. The summed E-state index contributed by atoms with van der Waals surface area (Å²) in [7, 11) is 0. The number of fused-ring (bicyclic) bond motifs is 2. The first-order valence-electron chi connectivity index (χ1n) is 3.73. The molecule has 0 aromatic carbocycles. The molecule has 0 nitrogen and oxygen atoms in total. The van der Waals surface area contributed by atoms with Crippen molar-refractivity contribution in [2.45, 2.75) is 19.8 Å². The van der Waals surface area contributed by atoms with Crippen molar-refractivity contribution in [1.29, 1.82) is 0 Å². The van der Waals surface area contributed by atoms with Crippen LogP contribution in [0.3, 0.4) is 0 Å². The fraction of sp³-hybridized carbons (Fsp3) is 0.556. The third kappa shape index (κ3) is 0.658. The van der Waals surface area contributed by atoms with Crippen LogP contribution in [0.15, 0.2) is 23.8 Å². The van der Waals surface area contributed by atoms with Crippen LogP contribution < -0.4 is 0 Å². The molecule has 2 rings (SSSR count). The van der Waals surface area contributed by atoms with E-state index in [9.17, 15) is 0 Å². The molecule has 0 saturated heterocycles. The molecule has 1 fully saturated rings. The van der Waals surface area contributed by atoms with E-state index in [4.69, 9.17) is 0 Å². The largest absolute Gasteiger partial charge is 0.0878 e. The number of allylic oxidation sites excluding steroid dienone is 4. The average molecular weight is 120 g/mol. The zero-order chi connectivity index (χ0) is 6.27. The van der Waals surface area contributed by atoms with Crippen LogP contribution >= 0.6 is 0 Å². The van der Waals surface area contributed by atoms with Crippen molar-refractivity contribution in [3.05, 3.63) is 23.8 Å². The monoisotopic (exact) mass is 120 g/mol. The minimum Gasteiger partial charge on any atom is -0.0878 e. The highest BCUT2D eigenvalue weighted by molar-refractivity contribution is 5.26. The maximum absolute atomic E-state index is 2.37. The van der Waals surface area contributed by atoms with Gasteiger partial charge in [0.05, 0.1) is 0 Å². The van der Waals surface area contributed by atoms with Crippen LogP contribution in [-0.4, -0.2) is 0 Å². The van der Waals surface area contributed by atoms with Crippen LogP contribution in [0.4, 0.5) is 0 Å². The van der Waals surface area contributed by atoms with Gasteiger partial charge in [0.15, 0.2) is 0 Å². The summed E-state index contributed by atoms with van der Waals surface area (Å²) in [5.74, 6) is 1.74. The molecule has 0 amide bonds. The standard InChI is InChI=1S/C9H12/c1-2-8-5-7-3-4-9(8)6-7/h2-4,7,9H,5-6H2,1H3/t7-,9-/m1/s1. The molecule has 0 N–H and O–H groups in total. The molecule has 2 aliphatic carbocycles. The van der Waals surface area contributed by atoms with Crippen LogP contribution in [0.1, 0.15) is 19.8 Å². The van der Waals surface area contributed by atoms with Gasteiger partial charge < -0.3 is 0 Å². The summed E-state index contributed by atoms with van der Waals surface area (Å²) in [6.07, 6.45) is 9.77. The Balaban J connectivity index is 2.29. The predicted molar refractivity (Wildman–Crippen MR) is 39.1 cm³/mol. The molecule has 0 radical (unpaired) electrons. The SMILES string of the molecule is CC=C1C[C@H]2C=C[C@@H]1C2. The summed E-state index contributed by atoms with van der Waals surface area (Å²) in [4.78, 5) is 0. The molecule has 48 valence electrons. The van der Waals surface area contributed by atoms with E-state index in [1.165, 1.54) is 12.8 Å². The van der Waals surface area contributed by atoms with Gasteiger partial charge in [0.25, 0.3) is 0 Å². The molecule has 0 aliphatic heterocycles. The topological polar surface area (TPSA) is 0 Å². The van der Waals surface area contributed by atoms with Crippen molar-refractivity contribution < 1.29 is 0 Å². The first-order valence-corrected chi connectivity index (χ1v) is 3.73. The molecule has 1 saturated carbocycles. The van der Waals surface area contributed by atoms with Crippen LogP contribution in [0.5, 0.6) is 0 Å². The van der Waals surface area contributed by atoms with Gasteiger partial charge in [-0.05, 0) is 31.6 Å². The van der Waals surface area contributed by atoms with E-state index in [0.717, 1.165) is 11.8 Å². The molecule has 9 heavy (non-hydrogen) atoms. The Bertz CT molecular complexity index is 174. The molecule has 2 aliphatic rings. The molecule has 0 heteroatoms. The van der Waals surface area contributed by atoms with E-state index < -0.39 is 0 Å². The quantitative estimate of drug-likeness (QED) is 0.431. The molecule has 0 aromatic rings. The van der Waals surface area contributed by atoms with Crippen molar-refractivity contribution in [1.82, 2.24) is 0 Å². The Morgan fingerprint density at radius 2 is 2.44 bits per heavy atom. The maximum Gasteiger partial charge on any atom is -0.00174 e. The van der Waals surface area contributed by atoms with Gasteiger partial charge in [0.1, 0.15) is 0 Å². The van der Waals surface area contributed by atoms with Crippen molar-refractivity contribution >= 4 is 0 Å². The smallest absolute Gasteiger partial charge is 0.00174 e. The second-order valence-corrected chi connectivity index (χ2v) is 3.05. The minimum absolute atomic E-state index is 0.833. The van der Waals surface area contributed by atoms with Crippen LogP contribution in [0.2, 0.25) is 0 Å². The Kier molecular flexibility index (Phi) is 1.01. The summed E-state index contributed by atoms with van der Waals surface area (Å²) in [6.45, 7) is 2.16. The van der Waals surface area contributed by atoms with Crippen LogP contribution in [0, 0.1) is 11.8 Å². The fourth-order valence-electron chi connectivity index (χ4n) is 1.99. The van der Waals surface area contributed by atoms with Crippen LogP contribution in [-0.2, 0) is 0 Å². The van der Waals surface area contributed by atoms with E-state index in [1.807, 2.05) is 0 Å². The molecule has 2 atom stereocenters. The lowest BCUT2D eigenvalue weighted by atomic mass is 10.0. The lowest BCUT2D eigenvalue weighted by molar-refractivity contribution is 0.693. The van der Waals surface area contributed by atoms with Crippen LogP contribution in [0.25, 0.3) is 0 Å². The molecule has 0 unspecified atom stereocenters. The van der Waals surface area contributed by atoms with E-state index >= 15 is 0 Å². The lowest BCUT2D eigenvalue weighted by Gasteiger charge is -2.05. The third-order valence-corrected chi connectivity index (χ3v) is 2.52. The minimum atomic E-state index is 0.833. The number of hydrogen-bond donors (Lipinski definition) is 0. The van der Waals surface area contributed by atoms with E-state index in [0.29, 0.717) is 0 Å². The van der Waals surface area contributed by atoms with Gasteiger partial charge >= 0.3 is 0 Å². The first kappa shape index (κ1) is 5.28. The number of rotatable bonds is 0. The fourth-order valence-corrected chi connectivity index (χ4v) is 1.99. The second-order valence-electron chi connectivity index (χ2n) is 3.05. The molecule has 0 spiro atoms. The van der Waals surface area contributed by atoms with Crippen molar-refractivity contribution in [3.63, 3.8) is 0 Å². The molecular formula is C9H12. The van der Waals surface area contributed by atoms with Crippen molar-refractivity contribution in [2.24, 2.45) is 11.8 Å². The lowest BCUT2D eigenvalue weighted by Crippen LogP contribution is -1.90. The summed E-state index contributed by atoms with van der Waals surface area (Å²) in [5, 5.41) is 0. The van der Waals surface area contributed by atoms with E-state index in [1.54, 1.807) is 5.57 Å². The van der Waals surface area contributed by atoms with Gasteiger partial charge in [-0.3, -0.25) is 0 Å². The highest BCUT2D eigenvalue weighted by Crippen LogP contribution is 2.42. The Labute approximate surface area is 56.3 Å². The Morgan fingerprint density at radius 1 is 1.56 bits per heavy atom. The normalized spacial score (nSPS) is 43.0. The van der Waals surface area contributed by atoms with Gasteiger partial charge in [-0.15, -0.1) is 0 Å². The van der Waals surface area contributed by atoms with Gasteiger partial charge in [0, 0.05) is 0 Å². The summed E-state index contributed by atoms with van der Waals surface area (Å²) in [5.41, 5.74) is 1.67. The van der Waals surface area contributed by atoms with Crippen molar-refractivity contribution in [2.75, 3.05) is 0 Å². The maximum atomic E-state index is 2.37. The first-order chi connectivity index (χ1) is 4.40. The van der Waals surface area contributed by atoms with E-state index in [2.05, 4.69) is 25.2 Å². The van der Waals surface area contributed by atoms with Crippen molar-refractivity contribution in [3.8, 4) is 0 Å². The molecule has 2 bridgehead atoms. The molecule has 0 heterocycles. The highest BCUT2D eigenvalue weighted by atomic mass is 14.3. The number of hydrogen-bond acceptors (Lipinski definition) is 0. The third-order valence-electron chi connectivity index (χ3n) is 2.52. The van der Waals surface area contributed by atoms with Gasteiger partial charge in [-0.1, -0.05) is 23.8 Å². The van der Waals surface area contributed by atoms with Gasteiger partial charge in [0.2, 0.25) is 0 Å². The van der Waals surface area contributed by atoms with Gasteiger partial charge in [-0.2, -0.15) is 0 Å². The van der Waals surface area contributed by atoms with E-state index in [-0.39, 0.29) is 0 Å². The zero-order valence-electron chi connectivity index (χ0n) is 5.80. The molecular weight excluding hydrogens is 108 g/mol. The average Bonchev–Trinajstić information content (AvgIpc) is 2.45. The van der Waals surface area contributed by atoms with Gasteiger partial charge in [-0.25, -0.2) is 0 Å². The second kappa shape index (κ2) is 1.73. The predicted octanol–water partition coefficient (Wildman–Crippen LogP) is 2.53. The summed E-state index contributed by atoms with van der Waals surface area (Å²) in [6, 6.07) is 0. The molecule has 0 aromatic heterocycles. The summed E-state index contributed by atoms with van der Waals surface area (Å²) < 4.78 is 0. The Morgan fingerprint density at radius 3 is 2.78 bits per heavy atom. The Hall–Kier alpha value is -0.520. The summed E-state index contributed by atoms with van der Waals surface area (Å²) >= 11 is 0.